The van der Waals surface area contributed by atoms with Gasteiger partial charge in [-0.15, -0.1) is 0 Å². The van der Waals surface area contributed by atoms with Gasteiger partial charge in [0, 0.05) is 17.6 Å². The minimum absolute atomic E-state index is 0.0340. The van der Waals surface area contributed by atoms with E-state index >= 15 is 0 Å². The Morgan fingerprint density at radius 2 is 2.00 bits per heavy atom. The molecule has 0 saturated carbocycles. The second-order valence-corrected chi connectivity index (χ2v) is 5.99. The van der Waals surface area contributed by atoms with Gasteiger partial charge in [0.05, 0.1) is 6.07 Å². The molecule has 5 nitrogen and oxygen atoms in total. The molecule has 0 fully saturated rings. The fraction of sp³-hybridized carbons (Fsp3) is 0.438. The van der Waals surface area contributed by atoms with Crippen molar-refractivity contribution in [2.75, 3.05) is 13.2 Å². The average molecular weight is 290 g/mol. The molecular weight excluding hydrogens is 268 g/mol. The number of aromatic nitrogens is 1. The number of benzene rings is 1. The number of aliphatic hydroxyl groups is 1. The van der Waals surface area contributed by atoms with E-state index in [2.05, 4.69) is 10.5 Å². The first kappa shape index (κ1) is 15.5. The average Bonchev–Trinajstić information content (AvgIpc) is 2.92. The van der Waals surface area contributed by atoms with Gasteiger partial charge >= 0.3 is 5.95 Å². The summed E-state index contributed by atoms with van der Waals surface area (Å²) in [5, 5.41) is 17.0. The monoisotopic (exact) mass is 290 g/mol. The zero-order valence-electron chi connectivity index (χ0n) is 12.7. The topological polar surface area (TPSA) is 67.5 Å². The Morgan fingerprint density at radius 1 is 1.29 bits per heavy atom. The molecule has 0 radical (unpaired) electrons. The van der Waals surface area contributed by atoms with E-state index in [0.29, 0.717) is 18.2 Å². The first-order valence-electron chi connectivity index (χ1n) is 7.02. The summed E-state index contributed by atoms with van der Waals surface area (Å²) in [5.41, 5.74) is 1.65. The van der Waals surface area contributed by atoms with E-state index < -0.39 is 6.10 Å². The second-order valence-electron chi connectivity index (χ2n) is 5.99. The van der Waals surface area contributed by atoms with Gasteiger partial charge in [0.2, 0.25) is 0 Å². The molecule has 0 saturated heterocycles. The van der Waals surface area contributed by atoms with E-state index in [1.54, 1.807) is 6.07 Å². The van der Waals surface area contributed by atoms with Crippen molar-refractivity contribution < 1.29 is 14.4 Å². The number of hydrogen-bond acceptors (Lipinski definition) is 5. The van der Waals surface area contributed by atoms with Crippen LogP contribution < -0.4 is 10.1 Å². The van der Waals surface area contributed by atoms with E-state index in [-0.39, 0.29) is 12.1 Å². The fourth-order valence-corrected chi connectivity index (χ4v) is 1.73. The molecular formula is C16H22N2O3. The summed E-state index contributed by atoms with van der Waals surface area (Å²) >= 11 is 0. The number of rotatable bonds is 6. The summed E-state index contributed by atoms with van der Waals surface area (Å²) < 4.78 is 10.5. The van der Waals surface area contributed by atoms with E-state index in [9.17, 15) is 5.11 Å². The van der Waals surface area contributed by atoms with Crippen LogP contribution in [0.3, 0.4) is 0 Å². The number of hydrogen-bond donors (Lipinski definition) is 2. The summed E-state index contributed by atoms with van der Waals surface area (Å²) in [6.45, 7) is 6.76. The summed E-state index contributed by atoms with van der Waals surface area (Å²) in [6, 6.07) is 11.4. The van der Waals surface area contributed by atoms with Crippen LogP contribution in [0.2, 0.25) is 0 Å². The number of nitrogens with one attached hydrogen (secondary N) is 1. The van der Waals surface area contributed by atoms with Gasteiger partial charge in [0.25, 0.3) is 0 Å². The maximum absolute atomic E-state index is 9.85. The van der Waals surface area contributed by atoms with E-state index in [1.165, 1.54) is 0 Å². The molecule has 0 spiro atoms. The maximum Gasteiger partial charge on any atom is 0.311 e. The predicted molar refractivity (Wildman–Crippen MR) is 81.2 cm³/mol. The molecule has 114 valence electrons. The van der Waals surface area contributed by atoms with Crippen molar-refractivity contribution in [3.05, 3.63) is 36.4 Å². The van der Waals surface area contributed by atoms with Crippen molar-refractivity contribution in [3.63, 3.8) is 0 Å². The molecule has 1 heterocycles. The smallest absolute Gasteiger partial charge is 0.311 e. The highest BCUT2D eigenvalue weighted by Crippen LogP contribution is 2.22. The molecule has 5 heteroatoms. The third-order valence-corrected chi connectivity index (χ3v) is 2.84. The van der Waals surface area contributed by atoms with Crippen LogP contribution >= 0.6 is 0 Å². The molecule has 1 atom stereocenters. The van der Waals surface area contributed by atoms with Crippen LogP contribution in [-0.4, -0.2) is 35.1 Å². The molecule has 1 aromatic carbocycles. The Hall–Kier alpha value is -1.85. The number of β-amino-alcohol motifs (C(OH)–C–C–N with tert-alkyl or cyclic N) is 1. The Kier molecular flexibility index (Phi) is 4.98. The van der Waals surface area contributed by atoms with E-state index in [1.807, 2.05) is 51.1 Å². The summed E-state index contributed by atoms with van der Waals surface area (Å²) in [5.74, 6) is 0.309. The third kappa shape index (κ3) is 5.21. The molecule has 21 heavy (non-hydrogen) atoms. The van der Waals surface area contributed by atoms with Gasteiger partial charge in [-0.25, -0.2) is 0 Å². The van der Waals surface area contributed by atoms with Crippen molar-refractivity contribution in [2.24, 2.45) is 0 Å². The molecule has 2 rings (SSSR count). The molecule has 0 bridgehead atoms. The zero-order chi connectivity index (χ0) is 15.3. The predicted octanol–water partition coefficient (Wildman–Crippen LogP) is 2.47. The summed E-state index contributed by atoms with van der Waals surface area (Å²) in [7, 11) is 0. The highest BCUT2D eigenvalue weighted by molar-refractivity contribution is 5.58. The van der Waals surface area contributed by atoms with E-state index in [4.69, 9.17) is 9.26 Å². The SMILES string of the molecule is CC(C)(C)NCC(O)COc1cc(-c2ccccc2)no1. The van der Waals surface area contributed by atoms with Gasteiger partial charge in [0.15, 0.2) is 0 Å². The van der Waals surface area contributed by atoms with Gasteiger partial charge in [0.1, 0.15) is 18.4 Å². The molecule has 1 unspecified atom stereocenters. The van der Waals surface area contributed by atoms with Crippen molar-refractivity contribution >= 4 is 0 Å². The lowest BCUT2D eigenvalue weighted by Gasteiger charge is -2.22. The summed E-state index contributed by atoms with van der Waals surface area (Å²) in [4.78, 5) is 0. The van der Waals surface area contributed by atoms with Gasteiger partial charge in [-0.2, -0.15) is 0 Å². The maximum atomic E-state index is 9.85. The lowest BCUT2D eigenvalue weighted by Crippen LogP contribution is -2.42. The van der Waals surface area contributed by atoms with Crippen molar-refractivity contribution in [2.45, 2.75) is 32.4 Å². The Labute approximate surface area is 124 Å². The fourth-order valence-electron chi connectivity index (χ4n) is 1.73. The first-order valence-corrected chi connectivity index (χ1v) is 7.02. The molecule has 0 aliphatic rings. The molecule has 0 amide bonds. The lowest BCUT2D eigenvalue weighted by molar-refractivity contribution is 0.0824. The van der Waals surface area contributed by atoms with Gasteiger partial charge < -0.3 is 19.7 Å². The Morgan fingerprint density at radius 3 is 2.67 bits per heavy atom. The number of ether oxygens (including phenoxy) is 1. The van der Waals surface area contributed by atoms with Crippen molar-refractivity contribution in [1.82, 2.24) is 10.5 Å². The van der Waals surface area contributed by atoms with Crippen LogP contribution in [-0.2, 0) is 0 Å². The Balaban J connectivity index is 1.83. The minimum atomic E-state index is -0.602. The van der Waals surface area contributed by atoms with Crippen LogP contribution in [0.15, 0.2) is 40.9 Å². The van der Waals surface area contributed by atoms with Gasteiger partial charge in [-0.05, 0) is 20.8 Å². The van der Waals surface area contributed by atoms with Crippen LogP contribution in [0, 0.1) is 0 Å². The van der Waals surface area contributed by atoms with Crippen LogP contribution in [0.1, 0.15) is 20.8 Å². The normalized spacial score (nSPS) is 13.1. The quantitative estimate of drug-likeness (QED) is 0.855. The van der Waals surface area contributed by atoms with E-state index in [0.717, 1.165) is 5.56 Å². The van der Waals surface area contributed by atoms with Gasteiger partial charge in [-0.1, -0.05) is 35.5 Å². The molecule has 2 aromatic rings. The van der Waals surface area contributed by atoms with Gasteiger partial charge in [-0.3, -0.25) is 0 Å². The number of nitrogens with zero attached hydrogens (tertiary/aromatic N) is 1. The highest BCUT2D eigenvalue weighted by Gasteiger charge is 2.14. The minimum Gasteiger partial charge on any atom is -0.461 e. The highest BCUT2D eigenvalue weighted by atomic mass is 16.6. The van der Waals surface area contributed by atoms with Crippen LogP contribution in [0.4, 0.5) is 0 Å². The summed E-state index contributed by atoms with van der Waals surface area (Å²) in [6.07, 6.45) is -0.602. The van der Waals surface area contributed by atoms with Crippen molar-refractivity contribution in [3.8, 4) is 17.2 Å². The lowest BCUT2D eigenvalue weighted by atomic mass is 10.1. The largest absolute Gasteiger partial charge is 0.461 e. The molecule has 2 N–H and O–H groups in total. The molecule has 0 aliphatic heterocycles. The molecule has 0 aliphatic carbocycles. The third-order valence-electron chi connectivity index (χ3n) is 2.84. The first-order chi connectivity index (χ1) is 9.94. The van der Waals surface area contributed by atoms with Crippen molar-refractivity contribution in [1.29, 1.82) is 0 Å². The standard InChI is InChI=1S/C16H22N2O3/c1-16(2,3)17-10-13(19)11-20-15-9-14(18-21-15)12-7-5-4-6-8-12/h4-9,13,17,19H,10-11H2,1-3H3. The molecule has 1 aromatic heterocycles. The van der Waals surface area contributed by atoms with Crippen LogP contribution in [0.25, 0.3) is 11.3 Å². The zero-order valence-corrected chi connectivity index (χ0v) is 12.7. The Bertz CT molecular complexity index is 546. The number of aliphatic hydroxyl groups excluding tert-OH is 1. The van der Waals surface area contributed by atoms with Crippen LogP contribution in [0.5, 0.6) is 5.95 Å². The second kappa shape index (κ2) is 6.74.